The van der Waals surface area contributed by atoms with Crippen molar-refractivity contribution in [3.8, 4) is 0 Å². The molecule has 0 spiro atoms. The lowest BCUT2D eigenvalue weighted by Gasteiger charge is -2.01. The minimum absolute atomic E-state index is 0.325. The van der Waals surface area contributed by atoms with E-state index in [-0.39, 0.29) is 0 Å². The van der Waals surface area contributed by atoms with E-state index in [2.05, 4.69) is 0 Å². The van der Waals surface area contributed by atoms with Gasteiger partial charge in [-0.2, -0.15) is 0 Å². The van der Waals surface area contributed by atoms with Crippen LogP contribution in [0.3, 0.4) is 0 Å². The highest BCUT2D eigenvalue weighted by molar-refractivity contribution is 8.13. The molecule has 0 amide bonds. The summed E-state index contributed by atoms with van der Waals surface area (Å²) in [4.78, 5) is 0.387. The molecule has 0 aliphatic rings. The van der Waals surface area contributed by atoms with Gasteiger partial charge in [-0.15, -0.1) is 0 Å². The second kappa shape index (κ2) is 3.87. The van der Waals surface area contributed by atoms with Crippen LogP contribution in [0.15, 0.2) is 23.1 Å². The van der Waals surface area contributed by atoms with E-state index in [1.165, 1.54) is 12.1 Å². The van der Waals surface area contributed by atoms with Crippen molar-refractivity contribution in [3.05, 3.63) is 28.2 Å². The molecule has 0 saturated heterocycles. The molecule has 1 rings (SSSR count). The van der Waals surface area contributed by atoms with Crippen molar-refractivity contribution in [1.29, 1.82) is 0 Å². The summed E-state index contributed by atoms with van der Waals surface area (Å²) < 4.78 is 10.7. The number of halogens is 3. The first-order valence-corrected chi connectivity index (χ1v) is 5.37. The molecule has 0 aliphatic carbocycles. The fourth-order valence-corrected chi connectivity index (χ4v) is 2.13. The van der Waals surface area contributed by atoms with Gasteiger partial charge in [-0.25, -0.2) is 0 Å². The van der Waals surface area contributed by atoms with E-state index in [9.17, 15) is 4.55 Å². The van der Waals surface area contributed by atoms with Crippen LogP contribution in [0.25, 0.3) is 0 Å². The summed E-state index contributed by atoms with van der Waals surface area (Å²) >= 11 is 11.3. The van der Waals surface area contributed by atoms with Crippen LogP contribution in [0.4, 0.5) is 0 Å². The zero-order valence-corrected chi connectivity index (χ0v) is 8.27. The predicted octanol–water partition coefficient (Wildman–Crippen LogP) is 3.25. The van der Waals surface area contributed by atoms with Gasteiger partial charge in [0.1, 0.15) is 10.4 Å². The summed E-state index contributed by atoms with van der Waals surface area (Å²) in [6.07, 6.45) is 0. The summed E-state index contributed by atoms with van der Waals surface area (Å²) in [6, 6.07) is 4.62. The second-order valence-corrected chi connectivity index (χ2v) is 4.37. The topological polar surface area (TPSA) is 23.1 Å². The summed E-state index contributed by atoms with van der Waals surface area (Å²) in [5, 5.41) is 0.826. The highest BCUT2D eigenvalue weighted by atomic mass is 35.7. The van der Waals surface area contributed by atoms with Crippen molar-refractivity contribution in [2.75, 3.05) is 0 Å². The molecule has 60 valence electrons. The number of rotatable bonds is 1. The van der Waals surface area contributed by atoms with Gasteiger partial charge in [0.15, 0.2) is 15.6 Å². The molecule has 1 unspecified atom stereocenters. The Morgan fingerprint density at radius 1 is 1.27 bits per heavy atom. The first-order valence-electron chi connectivity index (χ1n) is 2.64. The largest absolute Gasteiger partial charge is 0.594 e. The maximum absolute atomic E-state index is 10.7. The average molecular weight is 230 g/mol. The third-order valence-electron chi connectivity index (χ3n) is 1.07. The highest BCUT2D eigenvalue weighted by Crippen LogP contribution is 2.27. The van der Waals surface area contributed by atoms with E-state index in [1.807, 2.05) is 0 Å². The lowest BCUT2D eigenvalue weighted by molar-refractivity contribution is 0.608. The fraction of sp³-hybridized carbons (Fsp3) is 0. The molecular formula is C6H3Cl3OS. The third kappa shape index (κ3) is 2.42. The van der Waals surface area contributed by atoms with E-state index >= 15 is 0 Å². The lowest BCUT2D eigenvalue weighted by Crippen LogP contribution is -1.90. The summed E-state index contributed by atoms with van der Waals surface area (Å²) in [5.74, 6) is 0. The van der Waals surface area contributed by atoms with Gasteiger partial charge in [-0.05, 0) is 18.2 Å². The molecule has 0 heterocycles. The highest BCUT2D eigenvalue weighted by Gasteiger charge is 2.12. The van der Waals surface area contributed by atoms with Crippen molar-refractivity contribution in [2.24, 2.45) is 0 Å². The van der Waals surface area contributed by atoms with E-state index in [1.54, 1.807) is 6.07 Å². The van der Waals surface area contributed by atoms with Crippen LogP contribution in [0.5, 0.6) is 0 Å². The summed E-state index contributed by atoms with van der Waals surface area (Å²) in [7, 11) is 3.74. The summed E-state index contributed by atoms with van der Waals surface area (Å²) in [6.45, 7) is 0. The van der Waals surface area contributed by atoms with E-state index in [0.717, 1.165) is 0 Å². The Kier molecular flexibility index (Phi) is 3.34. The molecule has 0 N–H and O–H groups in total. The quantitative estimate of drug-likeness (QED) is 0.678. The minimum Gasteiger partial charge on any atom is -0.594 e. The molecule has 0 aromatic heterocycles. The third-order valence-corrected chi connectivity index (χ3v) is 2.93. The molecule has 1 aromatic rings. The van der Waals surface area contributed by atoms with Gasteiger partial charge in [0, 0.05) is 5.02 Å². The van der Waals surface area contributed by atoms with Gasteiger partial charge in [-0.3, -0.25) is 0 Å². The van der Waals surface area contributed by atoms with Crippen molar-refractivity contribution in [3.63, 3.8) is 0 Å². The summed E-state index contributed by atoms with van der Waals surface area (Å²) in [5.41, 5.74) is 0. The maximum Gasteiger partial charge on any atom is 0.191 e. The number of hydrogen-bond acceptors (Lipinski definition) is 1. The molecular weight excluding hydrogens is 226 g/mol. The number of hydrogen-bond donors (Lipinski definition) is 0. The zero-order chi connectivity index (χ0) is 8.43. The van der Waals surface area contributed by atoms with E-state index in [0.29, 0.717) is 14.9 Å². The fourth-order valence-electron chi connectivity index (χ4n) is 0.605. The molecule has 0 saturated carbocycles. The molecule has 1 atom stereocenters. The molecule has 1 nitrogen and oxygen atoms in total. The normalized spacial score (nSPS) is 13.1. The Balaban J connectivity index is 3.09. The first kappa shape index (κ1) is 9.49. The van der Waals surface area contributed by atoms with Gasteiger partial charge in [0.25, 0.3) is 0 Å². The SMILES string of the molecule is [O-][S+](Cl)c1ccc(Cl)cc1Cl. The van der Waals surface area contributed by atoms with Crippen molar-refractivity contribution < 1.29 is 4.55 Å². The Morgan fingerprint density at radius 3 is 2.36 bits per heavy atom. The van der Waals surface area contributed by atoms with Crippen LogP contribution in [0.2, 0.25) is 10.0 Å². The molecule has 0 radical (unpaired) electrons. The maximum atomic E-state index is 10.7. The van der Waals surface area contributed by atoms with Crippen molar-refractivity contribution in [1.82, 2.24) is 0 Å². The molecule has 5 heteroatoms. The molecule has 0 bridgehead atoms. The van der Waals surface area contributed by atoms with Gasteiger partial charge in [-0.1, -0.05) is 23.2 Å². The predicted molar refractivity (Wildman–Crippen MR) is 48.7 cm³/mol. The zero-order valence-electron chi connectivity index (χ0n) is 5.18. The Bertz CT molecular complexity index is 264. The van der Waals surface area contributed by atoms with Crippen LogP contribution < -0.4 is 0 Å². The van der Waals surface area contributed by atoms with Crippen LogP contribution in [0.1, 0.15) is 0 Å². The van der Waals surface area contributed by atoms with Gasteiger partial charge >= 0.3 is 0 Å². The van der Waals surface area contributed by atoms with E-state index in [4.69, 9.17) is 33.9 Å². The Morgan fingerprint density at radius 2 is 1.91 bits per heavy atom. The van der Waals surface area contributed by atoms with Crippen LogP contribution >= 0.6 is 33.9 Å². The molecule has 0 fully saturated rings. The van der Waals surface area contributed by atoms with Crippen molar-refractivity contribution >= 4 is 44.3 Å². The number of benzene rings is 1. The average Bonchev–Trinajstić information content (AvgIpc) is 1.85. The minimum atomic E-state index is -1.57. The van der Waals surface area contributed by atoms with Crippen LogP contribution in [-0.4, -0.2) is 4.55 Å². The Hall–Kier alpha value is 0.400. The monoisotopic (exact) mass is 228 g/mol. The standard InChI is InChI=1S/C6H3Cl3OS/c7-4-1-2-6(11(9)10)5(8)3-4/h1-3H. The van der Waals surface area contributed by atoms with Crippen LogP contribution in [-0.2, 0) is 10.4 Å². The molecule has 1 aromatic carbocycles. The van der Waals surface area contributed by atoms with Crippen molar-refractivity contribution in [2.45, 2.75) is 4.90 Å². The lowest BCUT2D eigenvalue weighted by atomic mass is 10.4. The molecule has 0 aliphatic heterocycles. The molecule has 11 heavy (non-hydrogen) atoms. The second-order valence-electron chi connectivity index (χ2n) is 1.80. The first-order chi connectivity index (χ1) is 5.11. The van der Waals surface area contributed by atoms with Crippen LogP contribution in [0, 0.1) is 0 Å². The smallest absolute Gasteiger partial charge is 0.191 e. The van der Waals surface area contributed by atoms with Gasteiger partial charge in [0.2, 0.25) is 0 Å². The van der Waals surface area contributed by atoms with E-state index < -0.39 is 10.4 Å². The van der Waals surface area contributed by atoms with Gasteiger partial charge < -0.3 is 4.55 Å². The Labute approximate surface area is 81.9 Å². The van der Waals surface area contributed by atoms with Gasteiger partial charge in [0.05, 0.1) is 5.02 Å².